The summed E-state index contributed by atoms with van der Waals surface area (Å²) in [4.78, 5) is 4.42. The van der Waals surface area contributed by atoms with Gasteiger partial charge in [-0.05, 0) is 51.2 Å². The van der Waals surface area contributed by atoms with E-state index >= 15 is 0 Å². The minimum atomic E-state index is 0.138. The Bertz CT molecular complexity index is 792. The molecule has 1 fully saturated rings. The molecule has 2 aliphatic rings. The van der Waals surface area contributed by atoms with Gasteiger partial charge in [0.15, 0.2) is 11.5 Å². The molecule has 2 aromatic rings. The zero-order valence-corrected chi connectivity index (χ0v) is 16.1. The number of benzene rings is 1. The molecule has 1 saturated heterocycles. The van der Waals surface area contributed by atoms with Crippen LogP contribution in [0.4, 0.5) is 0 Å². The van der Waals surface area contributed by atoms with Gasteiger partial charge in [0.1, 0.15) is 0 Å². The summed E-state index contributed by atoms with van der Waals surface area (Å²) in [6, 6.07) is 4.19. The van der Waals surface area contributed by atoms with Crippen LogP contribution in [0.2, 0.25) is 0 Å². The van der Waals surface area contributed by atoms with Crippen molar-refractivity contribution in [2.45, 2.75) is 38.4 Å². The second-order valence-electron chi connectivity index (χ2n) is 7.29. The molecule has 0 N–H and O–H groups in total. The summed E-state index contributed by atoms with van der Waals surface area (Å²) < 4.78 is 22.5. The van der Waals surface area contributed by atoms with Crippen LogP contribution in [0.5, 0.6) is 17.2 Å². The fourth-order valence-corrected chi connectivity index (χ4v) is 3.71. The molecule has 0 bridgehead atoms. The second kappa shape index (κ2) is 7.74. The van der Waals surface area contributed by atoms with Crippen LogP contribution in [0.3, 0.4) is 0 Å². The third kappa shape index (κ3) is 3.86. The molecule has 3 heterocycles. The van der Waals surface area contributed by atoms with Gasteiger partial charge in [-0.25, -0.2) is 0 Å². The van der Waals surface area contributed by atoms with Gasteiger partial charge in [0.05, 0.1) is 19.7 Å². The molecule has 27 heavy (non-hydrogen) atoms. The summed E-state index contributed by atoms with van der Waals surface area (Å²) in [5, 5.41) is 8.53. The van der Waals surface area contributed by atoms with E-state index in [1.165, 1.54) is 0 Å². The topological polar surface area (TPSA) is 73.1 Å². The van der Waals surface area contributed by atoms with Crippen LogP contribution in [-0.2, 0) is 13.1 Å². The highest BCUT2D eigenvalue weighted by molar-refractivity contribution is 5.55. The number of hydrogen-bond donors (Lipinski definition) is 0. The van der Waals surface area contributed by atoms with Crippen LogP contribution in [-0.4, -0.2) is 54.5 Å². The lowest BCUT2D eigenvalue weighted by Gasteiger charge is -2.33. The number of fused-ring (bicyclic) bond motifs is 1. The summed E-state index contributed by atoms with van der Waals surface area (Å²) in [5.41, 5.74) is 1.12. The highest BCUT2D eigenvalue weighted by Crippen LogP contribution is 2.42. The lowest BCUT2D eigenvalue weighted by atomic mass is 10.0. The Morgan fingerprint density at radius 1 is 1.22 bits per heavy atom. The van der Waals surface area contributed by atoms with E-state index in [0.29, 0.717) is 29.8 Å². The Morgan fingerprint density at radius 3 is 2.93 bits per heavy atom. The molecule has 0 unspecified atom stereocenters. The average Bonchev–Trinajstić information content (AvgIpc) is 3.30. The third-order valence-electron chi connectivity index (χ3n) is 4.94. The maximum absolute atomic E-state index is 5.95. The first-order chi connectivity index (χ1) is 13.1. The fourth-order valence-electron chi connectivity index (χ4n) is 3.71. The van der Waals surface area contributed by atoms with Crippen LogP contribution >= 0.6 is 0 Å². The zero-order chi connectivity index (χ0) is 18.8. The van der Waals surface area contributed by atoms with E-state index in [4.69, 9.17) is 18.6 Å². The number of methoxy groups -OCH3 is 1. The highest BCUT2D eigenvalue weighted by Gasteiger charge is 2.29. The Kier molecular flexibility index (Phi) is 5.18. The van der Waals surface area contributed by atoms with E-state index in [1.54, 1.807) is 7.11 Å². The van der Waals surface area contributed by atoms with Crippen molar-refractivity contribution in [3.8, 4) is 17.2 Å². The van der Waals surface area contributed by atoms with Crippen molar-refractivity contribution < 1.29 is 18.6 Å². The van der Waals surface area contributed by atoms with E-state index in [-0.39, 0.29) is 12.8 Å². The summed E-state index contributed by atoms with van der Waals surface area (Å²) in [7, 11) is 5.63. The predicted octanol–water partition coefficient (Wildman–Crippen LogP) is 2.60. The van der Waals surface area contributed by atoms with Crippen molar-refractivity contribution in [1.82, 2.24) is 20.0 Å². The Hall–Kier alpha value is -2.32. The Morgan fingerprint density at radius 2 is 2.11 bits per heavy atom. The molecule has 1 atom stereocenters. The van der Waals surface area contributed by atoms with Crippen molar-refractivity contribution in [3.63, 3.8) is 0 Å². The number of hydrogen-bond acceptors (Lipinski definition) is 8. The number of aromatic nitrogens is 2. The van der Waals surface area contributed by atoms with Crippen LogP contribution in [0.25, 0.3) is 0 Å². The fraction of sp³-hybridized carbons (Fsp3) is 0.579. The highest BCUT2D eigenvalue weighted by atomic mass is 16.7. The van der Waals surface area contributed by atoms with Crippen molar-refractivity contribution in [3.05, 3.63) is 29.5 Å². The summed E-state index contributed by atoms with van der Waals surface area (Å²) in [6.07, 6.45) is 3.35. The second-order valence-corrected chi connectivity index (χ2v) is 7.29. The van der Waals surface area contributed by atoms with Gasteiger partial charge in [0.25, 0.3) is 0 Å². The molecular weight excluding hydrogens is 348 g/mol. The van der Waals surface area contributed by atoms with E-state index in [2.05, 4.69) is 15.1 Å². The number of nitrogens with zero attached hydrogens (tertiary/aromatic N) is 4. The lowest BCUT2D eigenvalue weighted by Crippen LogP contribution is -2.33. The van der Waals surface area contributed by atoms with Crippen molar-refractivity contribution >= 4 is 0 Å². The number of rotatable bonds is 6. The molecule has 0 spiro atoms. The lowest BCUT2D eigenvalue weighted by molar-refractivity contribution is 0.115. The third-order valence-corrected chi connectivity index (χ3v) is 4.94. The average molecular weight is 374 g/mol. The molecule has 1 aromatic carbocycles. The molecule has 0 radical (unpaired) electrons. The standard InChI is InChI=1S/C19H26N4O4/c1-22(2)11-17-20-21-19(27-17)14-6-4-5-7-23(14)10-13-8-15(24-3)18-16(9-13)25-12-26-18/h8-9,14H,4-7,10-12H2,1-3H3/t14-/m1/s1. The van der Waals surface area contributed by atoms with Gasteiger partial charge < -0.3 is 23.5 Å². The summed E-state index contributed by atoms with van der Waals surface area (Å²) >= 11 is 0. The van der Waals surface area contributed by atoms with Crippen molar-refractivity contribution in [2.24, 2.45) is 0 Å². The number of likely N-dealkylation sites (tertiary alicyclic amines) is 1. The first-order valence-corrected chi connectivity index (χ1v) is 9.31. The van der Waals surface area contributed by atoms with Crippen LogP contribution in [0.1, 0.15) is 42.6 Å². The smallest absolute Gasteiger partial charge is 0.233 e. The molecule has 0 amide bonds. The molecule has 2 aliphatic heterocycles. The van der Waals surface area contributed by atoms with Crippen molar-refractivity contribution in [1.29, 1.82) is 0 Å². The summed E-state index contributed by atoms with van der Waals surface area (Å²) in [5.74, 6) is 3.50. The van der Waals surface area contributed by atoms with Gasteiger partial charge in [-0.15, -0.1) is 10.2 Å². The minimum Gasteiger partial charge on any atom is -0.493 e. The van der Waals surface area contributed by atoms with E-state index in [1.807, 2.05) is 31.1 Å². The minimum absolute atomic E-state index is 0.138. The monoisotopic (exact) mass is 374 g/mol. The van der Waals surface area contributed by atoms with Gasteiger partial charge in [-0.2, -0.15) is 0 Å². The van der Waals surface area contributed by atoms with Gasteiger partial charge >= 0.3 is 0 Å². The maximum atomic E-state index is 5.95. The molecule has 0 aliphatic carbocycles. The zero-order valence-electron chi connectivity index (χ0n) is 16.1. The Labute approximate surface area is 159 Å². The summed E-state index contributed by atoms with van der Waals surface area (Å²) in [6.45, 7) is 2.65. The van der Waals surface area contributed by atoms with Gasteiger partial charge in [0.2, 0.25) is 24.3 Å². The SMILES string of the molecule is COc1cc(CN2CCCC[C@@H]2c2nnc(CN(C)C)o2)cc2c1OCO2. The van der Waals surface area contributed by atoms with E-state index < -0.39 is 0 Å². The predicted molar refractivity (Wildman–Crippen MR) is 97.8 cm³/mol. The normalized spacial score (nSPS) is 19.6. The molecule has 1 aromatic heterocycles. The number of piperidine rings is 1. The molecular formula is C19H26N4O4. The van der Waals surface area contributed by atoms with E-state index in [9.17, 15) is 0 Å². The molecule has 8 heteroatoms. The van der Waals surface area contributed by atoms with E-state index in [0.717, 1.165) is 43.7 Å². The van der Waals surface area contributed by atoms with Gasteiger partial charge in [-0.3, -0.25) is 4.90 Å². The largest absolute Gasteiger partial charge is 0.493 e. The van der Waals surface area contributed by atoms with Gasteiger partial charge in [0, 0.05) is 6.54 Å². The van der Waals surface area contributed by atoms with Gasteiger partial charge in [-0.1, -0.05) is 6.42 Å². The maximum Gasteiger partial charge on any atom is 0.233 e. The first-order valence-electron chi connectivity index (χ1n) is 9.31. The van der Waals surface area contributed by atoms with Crippen LogP contribution < -0.4 is 14.2 Å². The molecule has 0 saturated carbocycles. The quantitative estimate of drug-likeness (QED) is 0.764. The molecule has 4 rings (SSSR count). The number of ether oxygens (including phenoxy) is 3. The van der Waals surface area contributed by atoms with Crippen molar-refractivity contribution in [2.75, 3.05) is 34.5 Å². The van der Waals surface area contributed by atoms with Crippen LogP contribution in [0, 0.1) is 0 Å². The molecule has 146 valence electrons. The van der Waals surface area contributed by atoms with Crippen LogP contribution in [0.15, 0.2) is 16.5 Å². The molecule has 8 nitrogen and oxygen atoms in total. The first kappa shape index (κ1) is 18.1. The Balaban J connectivity index is 1.54.